The normalized spacial score (nSPS) is 49.0. The summed E-state index contributed by atoms with van der Waals surface area (Å²) in [4.78, 5) is 23.9. The van der Waals surface area contributed by atoms with Crippen molar-refractivity contribution in [1.82, 2.24) is 5.32 Å². The van der Waals surface area contributed by atoms with Crippen molar-refractivity contribution in [2.75, 3.05) is 0 Å². The van der Waals surface area contributed by atoms with Crippen molar-refractivity contribution in [2.45, 2.75) is 72.3 Å². The Morgan fingerprint density at radius 2 is 1.29 bits per heavy atom. The van der Waals surface area contributed by atoms with Gasteiger partial charge in [0.1, 0.15) is 6.04 Å². The molecular weight excluding hydrogens is 266 g/mol. The van der Waals surface area contributed by atoms with E-state index in [4.69, 9.17) is 5.11 Å². The Labute approximate surface area is 126 Å². The molecule has 4 heteroatoms. The van der Waals surface area contributed by atoms with Gasteiger partial charge < -0.3 is 10.4 Å². The maximum absolute atomic E-state index is 12.9. The van der Waals surface area contributed by atoms with Gasteiger partial charge in [0, 0.05) is 0 Å². The molecule has 4 saturated carbocycles. The molecule has 0 aliphatic heterocycles. The molecule has 1 unspecified atom stereocenters. The summed E-state index contributed by atoms with van der Waals surface area (Å²) >= 11 is 0. The highest BCUT2D eigenvalue weighted by Crippen LogP contribution is 2.73. The van der Waals surface area contributed by atoms with E-state index in [-0.39, 0.29) is 27.6 Å². The van der Waals surface area contributed by atoms with Crippen LogP contribution in [0.4, 0.5) is 0 Å². The first-order valence-corrected chi connectivity index (χ1v) is 8.03. The lowest BCUT2D eigenvalue weighted by atomic mass is 9.36. The largest absolute Gasteiger partial charge is 0.480 e. The Morgan fingerprint density at radius 3 is 1.62 bits per heavy atom. The number of carboxylic acid groups (broad SMARTS) is 1. The predicted molar refractivity (Wildman–Crippen MR) is 79.7 cm³/mol. The number of carbonyl (C=O) groups is 2. The fraction of sp³-hybridized carbons (Fsp3) is 0.882. The minimum atomic E-state index is -0.961. The number of aliphatic carboxylic acids is 1. The van der Waals surface area contributed by atoms with Gasteiger partial charge in [-0.05, 0) is 61.7 Å². The third-order valence-corrected chi connectivity index (χ3v) is 6.06. The van der Waals surface area contributed by atoms with Gasteiger partial charge in [-0.25, -0.2) is 0 Å². The summed E-state index contributed by atoms with van der Waals surface area (Å²) < 4.78 is 0. The fourth-order valence-corrected chi connectivity index (χ4v) is 6.94. The van der Waals surface area contributed by atoms with E-state index >= 15 is 0 Å². The first-order valence-electron chi connectivity index (χ1n) is 8.03. The Morgan fingerprint density at radius 1 is 0.905 bits per heavy atom. The monoisotopic (exact) mass is 293 g/mol. The molecule has 1 atom stereocenters. The number of nitrogens with one attached hydrogen (secondary N) is 1. The minimum absolute atomic E-state index is 0.0276. The van der Waals surface area contributed by atoms with Crippen LogP contribution in [0.2, 0.25) is 0 Å². The van der Waals surface area contributed by atoms with Gasteiger partial charge in [0.15, 0.2) is 0 Å². The standard InChI is InChI=1S/C17H27NO3/c1-11(12(19)20)18-13(21)17-8-14(2)5-15(3,9-17)7-16(4,6-14)10-17/h11H,5-10H2,1-4H3,(H,18,21)(H,19,20). The Balaban J connectivity index is 1.91. The molecule has 4 nitrogen and oxygen atoms in total. The molecule has 4 aliphatic carbocycles. The molecule has 4 bridgehead atoms. The molecule has 0 spiro atoms. The molecule has 0 aromatic rings. The molecule has 2 N–H and O–H groups in total. The number of rotatable bonds is 3. The van der Waals surface area contributed by atoms with Crippen molar-refractivity contribution >= 4 is 11.9 Å². The van der Waals surface area contributed by atoms with Gasteiger partial charge in [0.2, 0.25) is 5.91 Å². The maximum atomic E-state index is 12.9. The van der Waals surface area contributed by atoms with Gasteiger partial charge in [-0.3, -0.25) is 9.59 Å². The SMILES string of the molecule is CC(NC(=O)C12CC3(C)CC(C)(CC(C)(C3)C1)C2)C(=O)O. The Bertz CT molecular complexity index is 459. The van der Waals surface area contributed by atoms with Crippen molar-refractivity contribution in [3.05, 3.63) is 0 Å². The van der Waals surface area contributed by atoms with Gasteiger partial charge >= 0.3 is 5.97 Å². The van der Waals surface area contributed by atoms with E-state index in [1.54, 1.807) is 6.92 Å². The average Bonchev–Trinajstić information content (AvgIpc) is 2.21. The van der Waals surface area contributed by atoms with Crippen LogP contribution in [0.25, 0.3) is 0 Å². The van der Waals surface area contributed by atoms with E-state index in [9.17, 15) is 9.59 Å². The van der Waals surface area contributed by atoms with Crippen LogP contribution >= 0.6 is 0 Å². The van der Waals surface area contributed by atoms with Crippen LogP contribution in [-0.2, 0) is 9.59 Å². The Kier molecular flexibility index (Phi) is 2.84. The third kappa shape index (κ3) is 2.27. The lowest BCUT2D eigenvalue weighted by molar-refractivity contribution is -0.192. The number of carbonyl (C=O) groups excluding carboxylic acids is 1. The molecule has 21 heavy (non-hydrogen) atoms. The van der Waals surface area contributed by atoms with Crippen molar-refractivity contribution in [3.63, 3.8) is 0 Å². The first-order chi connectivity index (χ1) is 9.49. The van der Waals surface area contributed by atoms with Crippen LogP contribution in [0, 0.1) is 21.7 Å². The predicted octanol–water partition coefficient (Wildman–Crippen LogP) is 2.96. The van der Waals surface area contributed by atoms with Crippen molar-refractivity contribution in [3.8, 4) is 0 Å². The second kappa shape index (κ2) is 4.02. The lowest BCUT2D eigenvalue weighted by Gasteiger charge is -2.68. The zero-order chi connectivity index (χ0) is 15.7. The van der Waals surface area contributed by atoms with Gasteiger partial charge in [0.05, 0.1) is 5.41 Å². The summed E-state index contributed by atoms with van der Waals surface area (Å²) in [5.74, 6) is -0.989. The zero-order valence-corrected chi connectivity index (χ0v) is 13.6. The second-order valence-electron chi connectivity index (χ2n) is 9.31. The van der Waals surface area contributed by atoms with Crippen LogP contribution in [-0.4, -0.2) is 23.0 Å². The molecule has 0 aromatic carbocycles. The molecule has 0 aromatic heterocycles. The van der Waals surface area contributed by atoms with Crippen LogP contribution < -0.4 is 5.32 Å². The van der Waals surface area contributed by atoms with Crippen molar-refractivity contribution < 1.29 is 14.7 Å². The molecule has 4 fully saturated rings. The van der Waals surface area contributed by atoms with E-state index < -0.39 is 12.0 Å². The molecule has 1 amide bonds. The van der Waals surface area contributed by atoms with Gasteiger partial charge in [-0.2, -0.15) is 0 Å². The maximum Gasteiger partial charge on any atom is 0.325 e. The smallest absolute Gasteiger partial charge is 0.325 e. The minimum Gasteiger partial charge on any atom is -0.480 e. The van der Waals surface area contributed by atoms with Crippen molar-refractivity contribution in [1.29, 1.82) is 0 Å². The van der Waals surface area contributed by atoms with Gasteiger partial charge in [-0.1, -0.05) is 20.8 Å². The second-order valence-corrected chi connectivity index (χ2v) is 9.31. The summed E-state index contributed by atoms with van der Waals surface area (Å²) in [6.45, 7) is 8.52. The van der Waals surface area contributed by atoms with E-state index in [2.05, 4.69) is 26.1 Å². The summed E-state index contributed by atoms with van der Waals surface area (Å²) in [6, 6.07) is -0.807. The zero-order valence-electron chi connectivity index (χ0n) is 13.6. The molecule has 0 radical (unpaired) electrons. The van der Waals surface area contributed by atoms with E-state index in [1.807, 2.05) is 0 Å². The number of hydrogen-bond donors (Lipinski definition) is 2. The average molecular weight is 293 g/mol. The van der Waals surface area contributed by atoms with E-state index in [0.717, 1.165) is 19.3 Å². The molecule has 0 heterocycles. The highest BCUT2D eigenvalue weighted by atomic mass is 16.4. The van der Waals surface area contributed by atoms with Crippen LogP contribution in [0.5, 0.6) is 0 Å². The fourth-order valence-electron chi connectivity index (χ4n) is 6.94. The molecule has 118 valence electrons. The number of amides is 1. The summed E-state index contributed by atoms with van der Waals surface area (Å²) in [7, 11) is 0. The van der Waals surface area contributed by atoms with Gasteiger partial charge in [0.25, 0.3) is 0 Å². The highest BCUT2D eigenvalue weighted by molar-refractivity contribution is 5.87. The van der Waals surface area contributed by atoms with Gasteiger partial charge in [-0.15, -0.1) is 0 Å². The molecule has 4 rings (SSSR count). The van der Waals surface area contributed by atoms with E-state index in [0.29, 0.717) is 0 Å². The summed E-state index contributed by atoms with van der Waals surface area (Å²) in [5, 5.41) is 11.8. The van der Waals surface area contributed by atoms with Crippen LogP contribution in [0.1, 0.15) is 66.2 Å². The quantitative estimate of drug-likeness (QED) is 0.840. The molecule has 4 aliphatic rings. The summed E-state index contributed by atoms with van der Waals surface area (Å²) in [5.41, 5.74) is 0.364. The van der Waals surface area contributed by atoms with Crippen LogP contribution in [0.3, 0.4) is 0 Å². The Hall–Kier alpha value is -1.06. The topological polar surface area (TPSA) is 66.4 Å². The lowest BCUT2D eigenvalue weighted by Crippen LogP contribution is -2.63. The number of carboxylic acids is 1. The highest BCUT2D eigenvalue weighted by Gasteiger charge is 2.66. The summed E-state index contributed by atoms with van der Waals surface area (Å²) in [6.07, 6.45) is 6.38. The van der Waals surface area contributed by atoms with Crippen molar-refractivity contribution in [2.24, 2.45) is 21.7 Å². The third-order valence-electron chi connectivity index (χ3n) is 6.06. The number of hydrogen-bond acceptors (Lipinski definition) is 2. The molecule has 0 saturated heterocycles. The molecular formula is C17H27NO3. The van der Waals surface area contributed by atoms with E-state index in [1.165, 1.54) is 19.3 Å². The first kappa shape index (κ1) is 14.9. The van der Waals surface area contributed by atoms with Crippen LogP contribution in [0.15, 0.2) is 0 Å².